The molecular formula is C14H19ClN2O. The lowest BCUT2D eigenvalue weighted by Crippen LogP contribution is -2.26. The fourth-order valence-corrected chi connectivity index (χ4v) is 2.52. The third kappa shape index (κ3) is 2.69. The fourth-order valence-electron chi connectivity index (χ4n) is 2.52. The van der Waals surface area contributed by atoms with E-state index in [9.17, 15) is 0 Å². The van der Waals surface area contributed by atoms with Gasteiger partial charge < -0.3 is 10.2 Å². The summed E-state index contributed by atoms with van der Waals surface area (Å²) in [5, 5.41) is 1.20. The number of aryl methyl sites for hydroxylation is 1. The Hall–Kier alpha value is -1.03. The smallest absolute Gasteiger partial charge is 0.134 e. The van der Waals surface area contributed by atoms with Gasteiger partial charge in [-0.05, 0) is 31.5 Å². The number of hydrogen-bond acceptors (Lipinski definition) is 3. The first-order valence-electron chi connectivity index (χ1n) is 6.18. The summed E-state index contributed by atoms with van der Waals surface area (Å²) in [6, 6.07) is 8.77. The Balaban J connectivity index is 0.00000120. The molecule has 0 unspecified atom stereocenters. The van der Waals surface area contributed by atoms with E-state index >= 15 is 0 Å². The van der Waals surface area contributed by atoms with Crippen molar-refractivity contribution in [1.29, 1.82) is 0 Å². The molecule has 1 aliphatic rings. The van der Waals surface area contributed by atoms with Crippen LogP contribution in [0.2, 0.25) is 0 Å². The lowest BCUT2D eigenvalue weighted by atomic mass is 10.2. The van der Waals surface area contributed by atoms with Gasteiger partial charge in [-0.25, -0.2) is 0 Å². The van der Waals surface area contributed by atoms with Crippen molar-refractivity contribution in [2.24, 2.45) is 5.73 Å². The van der Waals surface area contributed by atoms with Crippen molar-refractivity contribution in [3.05, 3.63) is 35.6 Å². The third-order valence-electron chi connectivity index (χ3n) is 3.41. The highest BCUT2D eigenvalue weighted by atomic mass is 35.5. The van der Waals surface area contributed by atoms with Crippen LogP contribution in [0.15, 0.2) is 28.7 Å². The maximum absolute atomic E-state index is 5.90. The van der Waals surface area contributed by atoms with Crippen LogP contribution in [0.4, 0.5) is 0 Å². The van der Waals surface area contributed by atoms with Crippen LogP contribution in [0.5, 0.6) is 0 Å². The normalized spacial score (nSPS) is 20.2. The van der Waals surface area contributed by atoms with Crippen LogP contribution >= 0.6 is 12.4 Å². The molecule has 2 N–H and O–H groups in total. The van der Waals surface area contributed by atoms with Crippen molar-refractivity contribution in [2.45, 2.75) is 25.9 Å². The molecule has 2 aromatic rings. The van der Waals surface area contributed by atoms with E-state index in [0.29, 0.717) is 6.04 Å². The summed E-state index contributed by atoms with van der Waals surface area (Å²) in [4.78, 5) is 2.36. The Morgan fingerprint density at radius 1 is 1.39 bits per heavy atom. The molecule has 0 spiro atoms. The van der Waals surface area contributed by atoms with E-state index in [-0.39, 0.29) is 12.4 Å². The summed E-state index contributed by atoms with van der Waals surface area (Å²) >= 11 is 0. The summed E-state index contributed by atoms with van der Waals surface area (Å²) in [6.45, 7) is 5.04. The van der Waals surface area contributed by atoms with Gasteiger partial charge in [0.15, 0.2) is 0 Å². The van der Waals surface area contributed by atoms with Crippen molar-refractivity contribution in [1.82, 2.24) is 4.90 Å². The molecule has 0 amide bonds. The number of fused-ring (bicyclic) bond motifs is 1. The molecule has 1 aliphatic heterocycles. The first-order valence-corrected chi connectivity index (χ1v) is 6.18. The highest BCUT2D eigenvalue weighted by Gasteiger charge is 2.20. The van der Waals surface area contributed by atoms with Crippen molar-refractivity contribution in [3.8, 4) is 0 Å². The largest absolute Gasteiger partial charge is 0.460 e. The highest BCUT2D eigenvalue weighted by Crippen LogP contribution is 2.22. The zero-order valence-electron chi connectivity index (χ0n) is 10.6. The predicted octanol–water partition coefficient (Wildman–Crippen LogP) is 2.70. The lowest BCUT2D eigenvalue weighted by Gasteiger charge is -2.12. The maximum Gasteiger partial charge on any atom is 0.134 e. The molecule has 1 saturated heterocycles. The van der Waals surface area contributed by atoms with E-state index in [0.717, 1.165) is 37.4 Å². The minimum absolute atomic E-state index is 0. The minimum Gasteiger partial charge on any atom is -0.460 e. The van der Waals surface area contributed by atoms with E-state index in [4.69, 9.17) is 10.2 Å². The quantitative estimate of drug-likeness (QED) is 0.909. The zero-order valence-corrected chi connectivity index (χ0v) is 11.4. The minimum atomic E-state index is 0. The summed E-state index contributed by atoms with van der Waals surface area (Å²) in [5.74, 6) is 1.04. The van der Waals surface area contributed by atoms with Gasteiger partial charge in [-0.2, -0.15) is 0 Å². The molecule has 2 heterocycles. The van der Waals surface area contributed by atoms with Gasteiger partial charge in [-0.1, -0.05) is 11.6 Å². The second kappa shape index (κ2) is 5.31. The number of hydrogen-bond donors (Lipinski definition) is 1. The number of benzene rings is 1. The topological polar surface area (TPSA) is 42.4 Å². The van der Waals surface area contributed by atoms with Crippen LogP contribution in [0.25, 0.3) is 11.0 Å². The van der Waals surface area contributed by atoms with E-state index in [2.05, 4.69) is 30.0 Å². The Morgan fingerprint density at radius 2 is 2.22 bits per heavy atom. The second-order valence-electron chi connectivity index (χ2n) is 5.04. The van der Waals surface area contributed by atoms with Gasteiger partial charge in [0.2, 0.25) is 0 Å². The van der Waals surface area contributed by atoms with Crippen molar-refractivity contribution >= 4 is 23.4 Å². The molecule has 0 aliphatic carbocycles. The van der Waals surface area contributed by atoms with E-state index in [1.807, 2.05) is 6.07 Å². The maximum atomic E-state index is 5.90. The van der Waals surface area contributed by atoms with Crippen LogP contribution in [-0.2, 0) is 6.54 Å². The summed E-state index contributed by atoms with van der Waals surface area (Å²) < 4.78 is 5.84. The molecule has 1 atom stereocenters. The number of rotatable bonds is 2. The van der Waals surface area contributed by atoms with Gasteiger partial charge in [0, 0.05) is 24.5 Å². The molecule has 3 rings (SSSR count). The highest BCUT2D eigenvalue weighted by molar-refractivity contribution is 5.85. The monoisotopic (exact) mass is 266 g/mol. The molecule has 0 bridgehead atoms. The molecule has 1 aromatic heterocycles. The van der Waals surface area contributed by atoms with Crippen LogP contribution in [-0.4, -0.2) is 24.0 Å². The van der Waals surface area contributed by atoms with Crippen molar-refractivity contribution < 1.29 is 4.42 Å². The molecule has 0 saturated carbocycles. The van der Waals surface area contributed by atoms with Gasteiger partial charge in [-0.3, -0.25) is 4.90 Å². The molecular weight excluding hydrogens is 248 g/mol. The predicted molar refractivity (Wildman–Crippen MR) is 76.1 cm³/mol. The van der Waals surface area contributed by atoms with Gasteiger partial charge >= 0.3 is 0 Å². The van der Waals surface area contributed by atoms with Gasteiger partial charge in [0.05, 0.1) is 6.54 Å². The van der Waals surface area contributed by atoms with Crippen molar-refractivity contribution in [3.63, 3.8) is 0 Å². The Kier molecular flexibility index (Phi) is 3.95. The average Bonchev–Trinajstić information content (AvgIpc) is 2.84. The Morgan fingerprint density at radius 3 is 2.94 bits per heavy atom. The van der Waals surface area contributed by atoms with Crippen LogP contribution in [0, 0.1) is 6.92 Å². The lowest BCUT2D eigenvalue weighted by molar-refractivity contribution is 0.298. The first-order chi connectivity index (χ1) is 8.20. The van der Waals surface area contributed by atoms with Crippen LogP contribution in [0.1, 0.15) is 17.7 Å². The molecule has 1 aromatic carbocycles. The van der Waals surface area contributed by atoms with Gasteiger partial charge in [0.25, 0.3) is 0 Å². The molecule has 4 heteroatoms. The zero-order chi connectivity index (χ0) is 11.8. The number of nitrogens with zero attached hydrogens (tertiary/aromatic N) is 1. The number of nitrogens with two attached hydrogens (primary N) is 1. The first kappa shape index (κ1) is 13.4. The number of likely N-dealkylation sites (tertiary alicyclic amines) is 1. The SMILES string of the molecule is Cc1ccc2oc(CN3CC[C@H](N)C3)cc2c1.Cl. The standard InChI is InChI=1S/C14H18N2O.ClH/c1-10-2-3-14-11(6-10)7-13(17-14)9-16-5-4-12(15)8-16;/h2-3,6-7,12H,4-5,8-9,15H2,1H3;1H/t12-;/m0./s1. The van der Waals surface area contributed by atoms with Crippen molar-refractivity contribution in [2.75, 3.05) is 13.1 Å². The van der Waals surface area contributed by atoms with Gasteiger partial charge in [-0.15, -0.1) is 12.4 Å². The number of furan rings is 1. The fraction of sp³-hybridized carbons (Fsp3) is 0.429. The van der Waals surface area contributed by atoms with Crippen LogP contribution in [0.3, 0.4) is 0 Å². The molecule has 0 radical (unpaired) electrons. The third-order valence-corrected chi connectivity index (χ3v) is 3.41. The number of halogens is 1. The van der Waals surface area contributed by atoms with E-state index in [1.165, 1.54) is 10.9 Å². The molecule has 1 fully saturated rings. The average molecular weight is 267 g/mol. The van der Waals surface area contributed by atoms with Crippen LogP contribution < -0.4 is 5.73 Å². The Labute approximate surface area is 113 Å². The summed E-state index contributed by atoms with van der Waals surface area (Å²) in [7, 11) is 0. The molecule has 18 heavy (non-hydrogen) atoms. The van der Waals surface area contributed by atoms with E-state index in [1.54, 1.807) is 0 Å². The summed E-state index contributed by atoms with van der Waals surface area (Å²) in [5.41, 5.74) is 8.15. The molecule has 3 nitrogen and oxygen atoms in total. The summed E-state index contributed by atoms with van der Waals surface area (Å²) in [6.07, 6.45) is 1.10. The van der Waals surface area contributed by atoms with Gasteiger partial charge in [0.1, 0.15) is 11.3 Å². The Bertz CT molecular complexity index is 538. The van der Waals surface area contributed by atoms with E-state index < -0.39 is 0 Å². The second-order valence-corrected chi connectivity index (χ2v) is 5.04. The molecule has 98 valence electrons.